The Bertz CT molecular complexity index is 693. The minimum atomic E-state index is 0.986. The van der Waals surface area contributed by atoms with Crippen LogP contribution in [0.3, 0.4) is 0 Å². The SMILES string of the molecule is CCCCCC1=C(C)C(Br)=N/C1=C\c1[nH]c(Br)c(C)c1CCCCC. The molecule has 0 aliphatic carbocycles. The van der Waals surface area contributed by atoms with Crippen LogP contribution in [0.15, 0.2) is 26.4 Å². The lowest BCUT2D eigenvalue weighted by Gasteiger charge is -2.07. The van der Waals surface area contributed by atoms with Crippen molar-refractivity contribution in [2.24, 2.45) is 4.99 Å². The summed E-state index contributed by atoms with van der Waals surface area (Å²) in [4.78, 5) is 8.30. The normalized spacial score (nSPS) is 16.2. The average molecular weight is 470 g/mol. The largest absolute Gasteiger partial charge is 0.349 e. The zero-order chi connectivity index (χ0) is 18.4. The fourth-order valence-corrected chi connectivity index (χ4v) is 4.20. The van der Waals surface area contributed by atoms with Gasteiger partial charge in [-0.05, 0) is 99.7 Å². The second-order valence-electron chi connectivity index (χ2n) is 6.91. The topological polar surface area (TPSA) is 28.1 Å². The van der Waals surface area contributed by atoms with Crippen LogP contribution < -0.4 is 0 Å². The molecule has 1 aliphatic rings. The van der Waals surface area contributed by atoms with Crippen LogP contribution in [0, 0.1) is 6.92 Å². The van der Waals surface area contributed by atoms with Gasteiger partial charge in [0.25, 0.3) is 0 Å². The first kappa shape index (κ1) is 20.7. The van der Waals surface area contributed by atoms with Crippen LogP contribution in [0.25, 0.3) is 6.08 Å². The predicted molar refractivity (Wildman–Crippen MR) is 118 cm³/mol. The Kier molecular flexibility index (Phi) is 8.21. The third kappa shape index (κ3) is 5.19. The maximum atomic E-state index is 4.79. The number of halogens is 2. The van der Waals surface area contributed by atoms with Crippen molar-refractivity contribution in [3.63, 3.8) is 0 Å². The molecular formula is C21H30Br2N2. The first-order valence-corrected chi connectivity index (χ1v) is 11.1. The Morgan fingerprint density at radius 2 is 1.60 bits per heavy atom. The maximum Gasteiger partial charge on any atom is 0.110 e. The third-order valence-electron chi connectivity index (χ3n) is 4.98. The van der Waals surface area contributed by atoms with Crippen LogP contribution in [-0.2, 0) is 6.42 Å². The van der Waals surface area contributed by atoms with Crippen LogP contribution in [0.2, 0.25) is 0 Å². The number of aromatic amines is 1. The Balaban J connectivity index is 2.30. The van der Waals surface area contributed by atoms with Crippen LogP contribution in [0.4, 0.5) is 0 Å². The fourth-order valence-electron chi connectivity index (χ4n) is 3.32. The molecule has 2 nitrogen and oxygen atoms in total. The highest BCUT2D eigenvalue weighted by Crippen LogP contribution is 2.34. The van der Waals surface area contributed by atoms with Crippen molar-refractivity contribution in [2.75, 3.05) is 0 Å². The van der Waals surface area contributed by atoms with Gasteiger partial charge in [0.15, 0.2) is 0 Å². The van der Waals surface area contributed by atoms with Gasteiger partial charge in [-0.3, -0.25) is 0 Å². The molecule has 0 bridgehead atoms. The van der Waals surface area contributed by atoms with Crippen molar-refractivity contribution in [3.05, 3.63) is 38.3 Å². The zero-order valence-electron chi connectivity index (χ0n) is 15.9. The highest BCUT2D eigenvalue weighted by Gasteiger charge is 2.20. The third-order valence-corrected chi connectivity index (χ3v) is 6.55. The number of hydrogen-bond acceptors (Lipinski definition) is 1. The second-order valence-corrected chi connectivity index (χ2v) is 8.45. The van der Waals surface area contributed by atoms with Crippen LogP contribution in [0.5, 0.6) is 0 Å². The summed E-state index contributed by atoms with van der Waals surface area (Å²) in [6, 6.07) is 0. The summed E-state index contributed by atoms with van der Waals surface area (Å²) in [6.07, 6.45) is 12.0. The molecule has 0 unspecified atom stereocenters. The van der Waals surface area contributed by atoms with Gasteiger partial charge in [-0.15, -0.1) is 0 Å². The number of aliphatic imine (C=N–C) groups is 1. The number of hydrogen-bond donors (Lipinski definition) is 1. The molecule has 138 valence electrons. The van der Waals surface area contributed by atoms with Crippen molar-refractivity contribution in [2.45, 2.75) is 79.1 Å². The molecule has 0 fully saturated rings. The first-order chi connectivity index (χ1) is 12.0. The summed E-state index contributed by atoms with van der Waals surface area (Å²) in [5.41, 5.74) is 7.77. The Hall–Kier alpha value is -0.610. The van der Waals surface area contributed by atoms with Gasteiger partial charge >= 0.3 is 0 Å². The molecule has 25 heavy (non-hydrogen) atoms. The van der Waals surface area contributed by atoms with E-state index in [1.54, 1.807) is 0 Å². The molecule has 0 amide bonds. The van der Waals surface area contributed by atoms with E-state index in [0.717, 1.165) is 27.8 Å². The number of H-pyrrole nitrogens is 1. The van der Waals surface area contributed by atoms with Gasteiger partial charge in [-0.25, -0.2) is 4.99 Å². The molecule has 1 aromatic rings. The van der Waals surface area contributed by atoms with Gasteiger partial charge < -0.3 is 4.98 Å². The van der Waals surface area contributed by atoms with E-state index in [-0.39, 0.29) is 0 Å². The minimum Gasteiger partial charge on any atom is -0.349 e. The number of nitrogens with zero attached hydrogens (tertiary/aromatic N) is 1. The second kappa shape index (κ2) is 9.91. The molecule has 1 N–H and O–H groups in total. The Labute approximate surface area is 169 Å². The number of rotatable bonds is 9. The van der Waals surface area contributed by atoms with E-state index in [2.05, 4.69) is 70.6 Å². The van der Waals surface area contributed by atoms with Gasteiger partial charge in [-0.2, -0.15) is 0 Å². The quantitative estimate of drug-likeness (QED) is 0.356. The molecule has 2 heterocycles. The number of unbranched alkanes of at least 4 members (excludes halogenated alkanes) is 4. The number of allylic oxidation sites excluding steroid dienone is 2. The lowest BCUT2D eigenvalue weighted by molar-refractivity contribution is 0.714. The lowest BCUT2D eigenvalue weighted by atomic mass is 9.99. The van der Waals surface area contributed by atoms with E-state index in [1.807, 2.05) is 0 Å². The minimum absolute atomic E-state index is 0.986. The van der Waals surface area contributed by atoms with Crippen molar-refractivity contribution in [1.29, 1.82) is 0 Å². The van der Waals surface area contributed by atoms with Crippen molar-refractivity contribution < 1.29 is 0 Å². The maximum absolute atomic E-state index is 4.79. The van der Waals surface area contributed by atoms with Crippen molar-refractivity contribution in [1.82, 2.24) is 4.98 Å². The standard InChI is InChI=1S/C21H30Br2N2/c1-5-7-9-11-16-14(3)20(22)24-18(16)13-19-17(12-10-8-6-2)15(4)21(23)25-19/h13,24H,5-12H2,1-4H3/b19-13-. The van der Waals surface area contributed by atoms with Gasteiger partial charge in [-0.1, -0.05) is 39.5 Å². The van der Waals surface area contributed by atoms with E-state index >= 15 is 0 Å². The molecule has 0 radical (unpaired) electrons. The van der Waals surface area contributed by atoms with Crippen LogP contribution in [-0.4, -0.2) is 9.60 Å². The molecule has 0 atom stereocenters. The lowest BCUT2D eigenvalue weighted by Crippen LogP contribution is -1.92. The van der Waals surface area contributed by atoms with Gasteiger partial charge in [0.2, 0.25) is 0 Å². The fraction of sp³-hybridized carbons (Fsp3) is 0.571. The smallest absolute Gasteiger partial charge is 0.110 e. The van der Waals surface area contributed by atoms with E-state index in [4.69, 9.17) is 4.99 Å². The summed E-state index contributed by atoms with van der Waals surface area (Å²) in [6.45, 7) is 8.87. The van der Waals surface area contributed by atoms with Crippen molar-refractivity contribution >= 4 is 42.6 Å². The van der Waals surface area contributed by atoms with Crippen LogP contribution in [0.1, 0.15) is 82.5 Å². The first-order valence-electron chi connectivity index (χ1n) is 9.52. The highest BCUT2D eigenvalue weighted by molar-refractivity contribution is 9.18. The number of aromatic nitrogens is 1. The highest BCUT2D eigenvalue weighted by atomic mass is 79.9. The molecule has 0 aromatic carbocycles. The summed E-state index contributed by atoms with van der Waals surface area (Å²) < 4.78 is 2.08. The summed E-state index contributed by atoms with van der Waals surface area (Å²) in [5, 5.41) is 0. The molecule has 0 saturated carbocycles. The van der Waals surface area contributed by atoms with Crippen LogP contribution >= 0.6 is 31.9 Å². The molecule has 2 rings (SSSR count). The monoisotopic (exact) mass is 468 g/mol. The molecule has 0 saturated heterocycles. The van der Waals surface area contributed by atoms with Gasteiger partial charge in [0.05, 0.1) is 10.3 Å². The van der Waals surface area contributed by atoms with E-state index < -0.39 is 0 Å². The van der Waals surface area contributed by atoms with Gasteiger partial charge in [0, 0.05) is 5.69 Å². The Morgan fingerprint density at radius 3 is 2.24 bits per heavy atom. The summed E-state index contributed by atoms with van der Waals surface area (Å²) in [5.74, 6) is 0. The molecule has 1 aromatic heterocycles. The zero-order valence-corrected chi connectivity index (χ0v) is 19.1. The average Bonchev–Trinajstić information content (AvgIpc) is 3.00. The van der Waals surface area contributed by atoms with E-state index in [0.29, 0.717) is 0 Å². The molecule has 4 heteroatoms. The molecule has 0 spiro atoms. The van der Waals surface area contributed by atoms with Gasteiger partial charge in [0.1, 0.15) is 4.62 Å². The van der Waals surface area contributed by atoms with E-state index in [1.165, 1.54) is 66.5 Å². The number of nitrogens with one attached hydrogen (secondary N) is 1. The van der Waals surface area contributed by atoms with Crippen molar-refractivity contribution in [3.8, 4) is 0 Å². The molecular weight excluding hydrogens is 440 g/mol. The summed E-state index contributed by atoms with van der Waals surface area (Å²) >= 11 is 7.30. The Morgan fingerprint density at radius 1 is 0.960 bits per heavy atom. The summed E-state index contributed by atoms with van der Waals surface area (Å²) in [7, 11) is 0. The van der Waals surface area contributed by atoms with E-state index in [9.17, 15) is 0 Å². The molecule has 1 aliphatic heterocycles. The predicted octanol–water partition coefficient (Wildman–Crippen LogP) is 7.86.